The van der Waals surface area contributed by atoms with E-state index in [0.29, 0.717) is 40.3 Å². The van der Waals surface area contributed by atoms with Gasteiger partial charge in [0.2, 0.25) is 0 Å². The lowest BCUT2D eigenvalue weighted by Crippen LogP contribution is -2.37. The predicted octanol–water partition coefficient (Wildman–Crippen LogP) is 4.81. The molecule has 0 atom stereocenters. The molecule has 0 saturated heterocycles. The zero-order chi connectivity index (χ0) is 22.2. The van der Waals surface area contributed by atoms with E-state index in [2.05, 4.69) is 21.2 Å². The number of carbonyl (C=O) groups excluding carboxylic acids is 2. The third kappa shape index (κ3) is 6.08. The number of hydrogen-bond donors (Lipinski definition) is 1. The van der Waals surface area contributed by atoms with Gasteiger partial charge in [-0.15, -0.1) is 0 Å². The van der Waals surface area contributed by atoms with E-state index >= 15 is 0 Å². The van der Waals surface area contributed by atoms with E-state index in [1.54, 1.807) is 44.5 Å². The first-order chi connectivity index (χ1) is 15.0. The lowest BCUT2D eigenvalue weighted by molar-refractivity contribution is 0.0928. The minimum absolute atomic E-state index is 0.134. The van der Waals surface area contributed by atoms with E-state index in [4.69, 9.17) is 9.47 Å². The fourth-order valence-corrected chi connectivity index (χ4v) is 4.25. The summed E-state index contributed by atoms with van der Waals surface area (Å²) in [5, 5.41) is 3.14. The van der Waals surface area contributed by atoms with Gasteiger partial charge in [-0.1, -0.05) is 31.4 Å². The van der Waals surface area contributed by atoms with Crippen LogP contribution in [0.4, 0.5) is 5.69 Å². The molecule has 1 aliphatic carbocycles. The number of nitrogens with one attached hydrogen (secondary N) is 1. The van der Waals surface area contributed by atoms with Gasteiger partial charge in [-0.05, 0) is 59.1 Å². The molecule has 0 aliphatic heterocycles. The van der Waals surface area contributed by atoms with Gasteiger partial charge in [0, 0.05) is 25.8 Å². The summed E-state index contributed by atoms with van der Waals surface area (Å²) < 4.78 is 11.3. The Morgan fingerprint density at radius 3 is 2.55 bits per heavy atom. The molecule has 0 heterocycles. The molecule has 0 spiro atoms. The Hall–Kier alpha value is -2.38. The number of hydrogen-bond acceptors (Lipinski definition) is 4. The van der Waals surface area contributed by atoms with Crippen LogP contribution in [-0.2, 0) is 4.74 Å². The molecule has 2 aromatic rings. The second-order valence-corrected chi connectivity index (χ2v) is 8.53. The summed E-state index contributed by atoms with van der Waals surface area (Å²) in [6.07, 6.45) is 5.53. The van der Waals surface area contributed by atoms with Crippen LogP contribution in [0, 0.1) is 0 Å². The molecular weight excluding hydrogens is 460 g/mol. The zero-order valence-electron chi connectivity index (χ0n) is 18.0. The lowest BCUT2D eigenvalue weighted by atomic mass is 9.95. The van der Waals surface area contributed by atoms with Crippen LogP contribution in [0.25, 0.3) is 0 Å². The lowest BCUT2D eigenvalue weighted by Gasteiger charge is -2.25. The maximum Gasteiger partial charge on any atom is 0.258 e. The molecule has 1 N–H and O–H groups in total. The van der Waals surface area contributed by atoms with Gasteiger partial charge in [0.1, 0.15) is 12.4 Å². The molecule has 2 amide bonds. The van der Waals surface area contributed by atoms with Gasteiger partial charge in [-0.2, -0.15) is 0 Å². The summed E-state index contributed by atoms with van der Waals surface area (Å²) >= 11 is 3.47. The maximum atomic E-state index is 13.1. The Morgan fingerprint density at radius 1 is 1.10 bits per heavy atom. The second-order valence-electron chi connectivity index (χ2n) is 7.68. The highest BCUT2D eigenvalue weighted by atomic mass is 79.9. The van der Waals surface area contributed by atoms with Crippen molar-refractivity contribution in [3.8, 4) is 5.75 Å². The summed E-state index contributed by atoms with van der Waals surface area (Å²) in [5.74, 6) is 0.302. The minimum atomic E-state index is -0.206. The fraction of sp³-hybridized carbons (Fsp3) is 0.417. The predicted molar refractivity (Wildman–Crippen MR) is 125 cm³/mol. The monoisotopic (exact) mass is 488 g/mol. The van der Waals surface area contributed by atoms with Crippen molar-refractivity contribution in [3.63, 3.8) is 0 Å². The molecule has 3 rings (SSSR count). The molecule has 1 aliphatic rings. The van der Waals surface area contributed by atoms with Crippen molar-refractivity contribution in [1.29, 1.82) is 0 Å². The van der Waals surface area contributed by atoms with E-state index in [1.807, 2.05) is 12.1 Å². The molecule has 166 valence electrons. The quantitative estimate of drug-likeness (QED) is 0.541. The summed E-state index contributed by atoms with van der Waals surface area (Å²) in [5.41, 5.74) is 1.58. The smallest absolute Gasteiger partial charge is 0.258 e. The molecule has 0 bridgehead atoms. The highest BCUT2D eigenvalue weighted by Gasteiger charge is 2.22. The van der Waals surface area contributed by atoms with E-state index in [-0.39, 0.29) is 17.9 Å². The van der Waals surface area contributed by atoms with Crippen LogP contribution in [0.1, 0.15) is 52.8 Å². The number of carbonyl (C=O) groups is 2. The van der Waals surface area contributed by atoms with Crippen LogP contribution in [0.5, 0.6) is 5.75 Å². The third-order valence-corrected chi connectivity index (χ3v) is 6.10. The number of para-hydroxylation sites is 1. The number of methoxy groups -OCH3 is 1. The molecule has 0 aromatic heterocycles. The first kappa shape index (κ1) is 23.3. The standard InChI is InChI=1S/C24H29BrN2O4/c1-27(24(29)17-12-13-22(20(25)16-17)31-15-14-30-2)21-11-7-6-10-19(21)23(28)26-18-8-4-3-5-9-18/h6-7,10-13,16,18H,3-5,8-9,14-15H2,1-2H3,(H,26,28). The molecule has 0 unspecified atom stereocenters. The van der Waals surface area contributed by atoms with Crippen molar-refractivity contribution in [3.05, 3.63) is 58.1 Å². The number of nitrogens with zero attached hydrogens (tertiary/aromatic N) is 1. The SMILES string of the molecule is COCCOc1ccc(C(=O)N(C)c2ccccc2C(=O)NC2CCCCC2)cc1Br. The van der Waals surface area contributed by atoms with Crippen LogP contribution in [0.2, 0.25) is 0 Å². The van der Waals surface area contributed by atoms with Crippen LogP contribution in [0.15, 0.2) is 46.9 Å². The number of ether oxygens (including phenoxy) is 2. The maximum absolute atomic E-state index is 13.1. The van der Waals surface area contributed by atoms with Crippen LogP contribution in [-0.4, -0.2) is 45.2 Å². The van der Waals surface area contributed by atoms with Crippen molar-refractivity contribution < 1.29 is 19.1 Å². The topological polar surface area (TPSA) is 67.9 Å². The minimum Gasteiger partial charge on any atom is -0.490 e. The van der Waals surface area contributed by atoms with Crippen LogP contribution < -0.4 is 15.0 Å². The first-order valence-corrected chi connectivity index (χ1v) is 11.4. The third-order valence-electron chi connectivity index (χ3n) is 5.48. The van der Waals surface area contributed by atoms with Gasteiger partial charge in [0.15, 0.2) is 0 Å². The van der Waals surface area contributed by atoms with Crippen molar-refractivity contribution in [2.24, 2.45) is 0 Å². The van der Waals surface area contributed by atoms with Gasteiger partial charge < -0.3 is 19.7 Å². The Balaban J connectivity index is 1.75. The molecule has 1 saturated carbocycles. The van der Waals surface area contributed by atoms with E-state index in [1.165, 1.54) is 11.3 Å². The second kappa shape index (κ2) is 11.3. The highest BCUT2D eigenvalue weighted by Crippen LogP contribution is 2.28. The summed E-state index contributed by atoms with van der Waals surface area (Å²) in [4.78, 5) is 27.6. The van der Waals surface area contributed by atoms with Gasteiger partial charge in [0.05, 0.1) is 22.3 Å². The van der Waals surface area contributed by atoms with Gasteiger partial charge >= 0.3 is 0 Å². The normalized spacial score (nSPS) is 14.2. The first-order valence-electron chi connectivity index (χ1n) is 10.6. The van der Waals surface area contributed by atoms with Crippen molar-refractivity contribution in [2.75, 3.05) is 32.3 Å². The molecular formula is C24H29BrN2O4. The van der Waals surface area contributed by atoms with E-state index < -0.39 is 0 Å². The number of halogens is 1. The Labute approximate surface area is 192 Å². The van der Waals surface area contributed by atoms with Crippen molar-refractivity contribution >= 4 is 33.4 Å². The summed E-state index contributed by atoms with van der Waals surface area (Å²) in [6, 6.07) is 12.6. The number of amides is 2. The molecule has 31 heavy (non-hydrogen) atoms. The summed E-state index contributed by atoms with van der Waals surface area (Å²) in [7, 11) is 3.30. The number of anilines is 1. The van der Waals surface area contributed by atoms with Crippen molar-refractivity contribution in [1.82, 2.24) is 5.32 Å². The van der Waals surface area contributed by atoms with Gasteiger partial charge in [0.25, 0.3) is 11.8 Å². The zero-order valence-corrected chi connectivity index (χ0v) is 19.6. The molecule has 0 radical (unpaired) electrons. The highest BCUT2D eigenvalue weighted by molar-refractivity contribution is 9.10. The van der Waals surface area contributed by atoms with Gasteiger partial charge in [-0.3, -0.25) is 9.59 Å². The Morgan fingerprint density at radius 2 is 1.84 bits per heavy atom. The molecule has 1 fully saturated rings. The van der Waals surface area contributed by atoms with Gasteiger partial charge in [-0.25, -0.2) is 0 Å². The van der Waals surface area contributed by atoms with E-state index in [9.17, 15) is 9.59 Å². The average Bonchev–Trinajstić information content (AvgIpc) is 2.80. The van der Waals surface area contributed by atoms with Crippen LogP contribution >= 0.6 is 15.9 Å². The van der Waals surface area contributed by atoms with E-state index in [0.717, 1.165) is 25.7 Å². The summed E-state index contributed by atoms with van der Waals surface area (Å²) in [6.45, 7) is 0.904. The Kier molecular flexibility index (Phi) is 8.49. The largest absolute Gasteiger partial charge is 0.490 e. The number of benzene rings is 2. The average molecular weight is 489 g/mol. The number of rotatable bonds is 8. The fourth-order valence-electron chi connectivity index (χ4n) is 3.76. The molecule has 7 heteroatoms. The molecule has 2 aromatic carbocycles. The van der Waals surface area contributed by atoms with Crippen LogP contribution in [0.3, 0.4) is 0 Å². The van der Waals surface area contributed by atoms with Crippen molar-refractivity contribution in [2.45, 2.75) is 38.1 Å². The molecule has 6 nitrogen and oxygen atoms in total. The Bertz CT molecular complexity index is 912.